The van der Waals surface area contributed by atoms with E-state index < -0.39 is 29.9 Å². The van der Waals surface area contributed by atoms with Crippen LogP contribution < -0.4 is 0 Å². The van der Waals surface area contributed by atoms with Gasteiger partial charge < -0.3 is 20.1 Å². The number of hydrogen-bond donors (Lipinski definition) is 3. The summed E-state index contributed by atoms with van der Waals surface area (Å²) in [6.07, 6.45) is -3.12. The van der Waals surface area contributed by atoms with E-state index >= 15 is 0 Å². The van der Waals surface area contributed by atoms with E-state index in [0.29, 0.717) is 0 Å². The second kappa shape index (κ2) is 5.75. The van der Waals surface area contributed by atoms with E-state index in [2.05, 4.69) is 9.78 Å². The largest absolute Gasteiger partial charge is 0.387 e. The first-order chi connectivity index (χ1) is 8.30. The molecule has 104 valence electrons. The highest BCUT2D eigenvalue weighted by molar-refractivity contribution is 5.65. The van der Waals surface area contributed by atoms with Gasteiger partial charge in [0, 0.05) is 6.92 Å². The van der Waals surface area contributed by atoms with Crippen molar-refractivity contribution in [2.24, 2.45) is 5.92 Å². The zero-order valence-electron chi connectivity index (χ0n) is 10.3. The van der Waals surface area contributed by atoms with Crippen LogP contribution in [0, 0.1) is 5.92 Å². The van der Waals surface area contributed by atoms with Gasteiger partial charge in [-0.2, -0.15) is 4.89 Å². The van der Waals surface area contributed by atoms with Crippen molar-refractivity contribution in [2.45, 2.75) is 50.6 Å². The number of aliphatic hydroxyl groups excluding tert-OH is 2. The Morgan fingerprint density at radius 2 is 2.00 bits per heavy atom. The number of rotatable bonds is 7. The van der Waals surface area contributed by atoms with E-state index in [4.69, 9.17) is 0 Å². The van der Waals surface area contributed by atoms with Gasteiger partial charge in [0.05, 0.1) is 5.60 Å². The molecule has 0 aromatic carbocycles. The van der Waals surface area contributed by atoms with Gasteiger partial charge in [-0.1, -0.05) is 0 Å². The van der Waals surface area contributed by atoms with Gasteiger partial charge in [0.25, 0.3) is 0 Å². The molecular formula is C11H18O7. The van der Waals surface area contributed by atoms with Gasteiger partial charge in [0.2, 0.25) is 0 Å². The van der Waals surface area contributed by atoms with Crippen molar-refractivity contribution in [3.63, 3.8) is 0 Å². The van der Waals surface area contributed by atoms with E-state index in [0.717, 1.165) is 19.8 Å². The molecule has 0 bridgehead atoms. The highest BCUT2D eigenvalue weighted by Gasteiger charge is 2.49. The molecular weight excluding hydrogens is 244 g/mol. The minimum absolute atomic E-state index is 0.122. The zero-order valence-corrected chi connectivity index (χ0v) is 10.3. The second-order valence-electron chi connectivity index (χ2n) is 4.71. The normalized spacial score (nSPS) is 23.6. The first-order valence-corrected chi connectivity index (χ1v) is 5.68. The molecule has 7 nitrogen and oxygen atoms in total. The van der Waals surface area contributed by atoms with Gasteiger partial charge in [0.15, 0.2) is 12.4 Å². The fourth-order valence-electron chi connectivity index (χ4n) is 1.72. The van der Waals surface area contributed by atoms with Crippen LogP contribution in [0.2, 0.25) is 0 Å². The smallest absolute Gasteiger partial charge is 0.339 e. The summed E-state index contributed by atoms with van der Waals surface area (Å²) < 4.78 is 0. The van der Waals surface area contributed by atoms with Crippen LogP contribution >= 0.6 is 0 Å². The summed E-state index contributed by atoms with van der Waals surface area (Å²) in [4.78, 5) is 29.7. The molecule has 0 spiro atoms. The lowest BCUT2D eigenvalue weighted by molar-refractivity contribution is -0.308. The first kappa shape index (κ1) is 15.0. The fourth-order valence-corrected chi connectivity index (χ4v) is 1.72. The molecule has 0 amide bonds. The molecule has 1 saturated carbocycles. The molecule has 0 saturated heterocycles. The maximum atomic E-state index is 10.7. The molecule has 0 aromatic heterocycles. The van der Waals surface area contributed by atoms with Gasteiger partial charge in [-0.15, -0.1) is 0 Å². The molecule has 0 radical (unpaired) electrons. The number of hydrogen-bond acceptors (Lipinski definition) is 7. The van der Waals surface area contributed by atoms with Crippen LogP contribution in [0.1, 0.15) is 26.7 Å². The van der Waals surface area contributed by atoms with E-state index in [-0.39, 0.29) is 12.2 Å². The Morgan fingerprint density at radius 1 is 1.44 bits per heavy atom. The van der Waals surface area contributed by atoms with Crippen LogP contribution in [-0.4, -0.2) is 51.5 Å². The molecule has 1 fully saturated rings. The topological polar surface area (TPSA) is 113 Å². The average Bonchev–Trinajstić information content (AvgIpc) is 3.12. The molecule has 1 aliphatic carbocycles. The van der Waals surface area contributed by atoms with Crippen LogP contribution in [0.3, 0.4) is 0 Å². The van der Waals surface area contributed by atoms with Crippen LogP contribution in [0.15, 0.2) is 0 Å². The van der Waals surface area contributed by atoms with Crippen LogP contribution in [0.25, 0.3) is 0 Å². The standard InChI is InChI=1S/C11H18O7/c1-6(13)17-18-8(5-12)9(14)10(15)11(2,16)7-3-4-7/h5,7-10,14-16H,3-4H2,1-2H3/t8-,9+,10+,11-/m0/s1. The van der Waals surface area contributed by atoms with Gasteiger partial charge in [-0.3, -0.25) is 4.89 Å². The number of carbonyl (C=O) groups excluding carboxylic acids is 2. The third kappa shape index (κ3) is 3.49. The summed E-state index contributed by atoms with van der Waals surface area (Å²) in [5.41, 5.74) is -1.51. The van der Waals surface area contributed by atoms with Gasteiger partial charge >= 0.3 is 5.97 Å². The molecule has 0 unspecified atom stereocenters. The van der Waals surface area contributed by atoms with Gasteiger partial charge in [0.1, 0.15) is 12.2 Å². The monoisotopic (exact) mass is 262 g/mol. The maximum Gasteiger partial charge on any atom is 0.339 e. The van der Waals surface area contributed by atoms with Gasteiger partial charge in [-0.25, -0.2) is 4.79 Å². The predicted octanol–water partition coefficient (Wildman–Crippen LogP) is -1.07. The third-order valence-electron chi connectivity index (χ3n) is 3.07. The molecule has 7 heteroatoms. The zero-order chi connectivity index (χ0) is 13.9. The Kier molecular flexibility index (Phi) is 4.80. The number of aliphatic hydroxyl groups is 3. The SMILES string of the molecule is CC(=O)OO[C@@H](C=O)[C@@H](O)[C@@H](O)[C@@](C)(O)C1CC1. The van der Waals surface area contributed by atoms with Crippen molar-refractivity contribution in [1.29, 1.82) is 0 Å². The van der Waals surface area contributed by atoms with Crippen LogP contribution in [0.5, 0.6) is 0 Å². The number of carbonyl (C=O) groups is 2. The second-order valence-corrected chi connectivity index (χ2v) is 4.71. The Labute approximate surface area is 104 Å². The van der Waals surface area contributed by atoms with E-state index in [9.17, 15) is 24.9 Å². The summed E-state index contributed by atoms with van der Waals surface area (Å²) >= 11 is 0. The van der Waals surface area contributed by atoms with Crippen LogP contribution in [-0.2, 0) is 19.4 Å². The molecule has 0 aliphatic heterocycles. The lowest BCUT2D eigenvalue weighted by atomic mass is 9.88. The van der Waals surface area contributed by atoms with E-state index in [1.165, 1.54) is 6.92 Å². The predicted molar refractivity (Wildman–Crippen MR) is 58.1 cm³/mol. The molecule has 0 aromatic rings. The summed E-state index contributed by atoms with van der Waals surface area (Å²) in [5.74, 6) is -0.916. The average molecular weight is 262 g/mol. The lowest BCUT2D eigenvalue weighted by Crippen LogP contribution is -2.53. The highest BCUT2D eigenvalue weighted by atomic mass is 17.2. The summed E-state index contributed by atoms with van der Waals surface area (Å²) in [5, 5.41) is 29.6. The van der Waals surface area contributed by atoms with Crippen molar-refractivity contribution in [3.05, 3.63) is 0 Å². The molecule has 1 rings (SSSR count). The van der Waals surface area contributed by atoms with E-state index in [1.54, 1.807) is 0 Å². The van der Waals surface area contributed by atoms with Crippen LogP contribution in [0.4, 0.5) is 0 Å². The lowest BCUT2D eigenvalue weighted by Gasteiger charge is -2.33. The Balaban J connectivity index is 2.61. The van der Waals surface area contributed by atoms with E-state index in [1.807, 2.05) is 0 Å². The summed E-state index contributed by atoms with van der Waals surface area (Å²) in [6.45, 7) is 2.44. The Hall–Kier alpha value is -1.02. The maximum absolute atomic E-state index is 10.7. The van der Waals surface area contributed by atoms with Crippen molar-refractivity contribution in [1.82, 2.24) is 0 Å². The molecule has 18 heavy (non-hydrogen) atoms. The molecule has 4 atom stereocenters. The van der Waals surface area contributed by atoms with Crippen molar-refractivity contribution in [2.75, 3.05) is 0 Å². The first-order valence-electron chi connectivity index (χ1n) is 5.68. The fraction of sp³-hybridized carbons (Fsp3) is 0.818. The third-order valence-corrected chi connectivity index (χ3v) is 3.07. The molecule has 0 heterocycles. The summed E-state index contributed by atoms with van der Waals surface area (Å²) in [6, 6.07) is 0. The Bertz CT molecular complexity index is 311. The van der Waals surface area contributed by atoms with Crippen molar-refractivity contribution in [3.8, 4) is 0 Å². The molecule has 3 N–H and O–H groups in total. The highest BCUT2D eigenvalue weighted by Crippen LogP contribution is 2.42. The van der Waals surface area contributed by atoms with Crippen molar-refractivity contribution < 1.29 is 34.7 Å². The van der Waals surface area contributed by atoms with Gasteiger partial charge in [-0.05, 0) is 25.7 Å². The molecule has 1 aliphatic rings. The minimum Gasteiger partial charge on any atom is -0.387 e. The van der Waals surface area contributed by atoms with Crippen molar-refractivity contribution >= 4 is 12.3 Å². The Morgan fingerprint density at radius 3 is 2.39 bits per heavy atom. The summed E-state index contributed by atoms with van der Waals surface area (Å²) in [7, 11) is 0. The minimum atomic E-state index is -1.68. The number of aldehydes is 1. The quantitative estimate of drug-likeness (QED) is 0.304.